The van der Waals surface area contributed by atoms with Gasteiger partial charge in [-0.05, 0) is 31.1 Å². The van der Waals surface area contributed by atoms with E-state index in [2.05, 4.69) is 5.10 Å². The molecule has 2 aliphatic carbocycles. The Morgan fingerprint density at radius 1 is 1.23 bits per heavy atom. The normalized spacial score (nSPS) is 25.4. The molecule has 3 fully saturated rings. The summed E-state index contributed by atoms with van der Waals surface area (Å²) in [6, 6.07) is 1.74. The molecule has 0 bridgehead atoms. The molecule has 2 heterocycles. The minimum atomic E-state index is -3.48. The standard InChI is InChI=1S/C15H21N3O3S/c1-17-14(8-13(16-17)11-2-3-11)22(20,21)18-6-4-15(5-7-18)9-12(19)10-15/h8,11H,2-7,9-10H2,1H3. The molecule has 1 aromatic rings. The maximum Gasteiger partial charge on any atom is 0.260 e. The highest BCUT2D eigenvalue weighted by Crippen LogP contribution is 2.47. The van der Waals surface area contributed by atoms with Gasteiger partial charge in [-0.2, -0.15) is 9.40 Å². The van der Waals surface area contributed by atoms with Gasteiger partial charge in [-0.1, -0.05) is 0 Å². The zero-order chi connectivity index (χ0) is 15.5. The van der Waals surface area contributed by atoms with Crippen LogP contribution in [0.15, 0.2) is 11.1 Å². The summed E-state index contributed by atoms with van der Waals surface area (Å²) in [6.07, 6.45) is 5.08. The summed E-state index contributed by atoms with van der Waals surface area (Å²) in [7, 11) is -1.77. The number of hydrogen-bond donors (Lipinski definition) is 0. The molecule has 1 aliphatic heterocycles. The average Bonchev–Trinajstić information content (AvgIpc) is 3.21. The SMILES string of the molecule is Cn1nc(C2CC2)cc1S(=O)(=O)N1CCC2(CC1)CC(=O)C2. The first kappa shape index (κ1) is 14.4. The molecule has 1 aromatic heterocycles. The van der Waals surface area contributed by atoms with Crippen LogP contribution in [0, 0.1) is 5.41 Å². The number of ketones is 1. The first-order valence-corrected chi connectivity index (χ1v) is 9.39. The van der Waals surface area contributed by atoms with Gasteiger partial charge < -0.3 is 0 Å². The Kier molecular flexibility index (Phi) is 3.04. The summed E-state index contributed by atoms with van der Waals surface area (Å²) in [6.45, 7) is 1.03. The van der Waals surface area contributed by atoms with Gasteiger partial charge in [0.2, 0.25) is 0 Å². The van der Waals surface area contributed by atoms with Crippen LogP contribution in [0.3, 0.4) is 0 Å². The minimum absolute atomic E-state index is 0.0920. The molecule has 22 heavy (non-hydrogen) atoms. The van der Waals surface area contributed by atoms with Gasteiger partial charge in [0.25, 0.3) is 10.0 Å². The molecule has 0 N–H and O–H groups in total. The number of carbonyl (C=O) groups excluding carboxylic acids is 1. The highest BCUT2D eigenvalue weighted by Gasteiger charge is 2.47. The van der Waals surface area contributed by atoms with Crippen molar-refractivity contribution in [3.05, 3.63) is 11.8 Å². The Hall–Kier alpha value is -1.21. The first-order chi connectivity index (χ1) is 10.4. The number of carbonyl (C=O) groups is 1. The first-order valence-electron chi connectivity index (χ1n) is 7.95. The molecule has 2 saturated carbocycles. The van der Waals surface area contributed by atoms with Gasteiger partial charge in [0, 0.05) is 45.0 Å². The van der Waals surface area contributed by atoms with Crippen LogP contribution >= 0.6 is 0 Å². The van der Waals surface area contributed by atoms with E-state index in [0.29, 0.717) is 42.7 Å². The molecule has 6 nitrogen and oxygen atoms in total. The Balaban J connectivity index is 1.53. The maximum atomic E-state index is 12.8. The van der Waals surface area contributed by atoms with Crippen molar-refractivity contribution in [2.45, 2.75) is 49.5 Å². The van der Waals surface area contributed by atoms with Crippen LogP contribution in [0.4, 0.5) is 0 Å². The van der Waals surface area contributed by atoms with Crippen molar-refractivity contribution in [1.29, 1.82) is 0 Å². The third-order valence-corrected chi connectivity index (χ3v) is 7.34. The molecular weight excluding hydrogens is 302 g/mol. The van der Waals surface area contributed by atoms with E-state index in [9.17, 15) is 13.2 Å². The van der Waals surface area contributed by atoms with Crippen LogP contribution in [0.1, 0.15) is 50.1 Å². The molecule has 0 radical (unpaired) electrons. The highest BCUT2D eigenvalue weighted by atomic mass is 32.2. The van der Waals surface area contributed by atoms with Crippen molar-refractivity contribution in [3.8, 4) is 0 Å². The maximum absolute atomic E-state index is 12.8. The lowest BCUT2D eigenvalue weighted by atomic mass is 9.63. The van der Waals surface area contributed by atoms with E-state index in [4.69, 9.17) is 0 Å². The monoisotopic (exact) mass is 323 g/mol. The zero-order valence-electron chi connectivity index (χ0n) is 12.8. The fourth-order valence-corrected chi connectivity index (χ4v) is 5.33. The van der Waals surface area contributed by atoms with Crippen molar-refractivity contribution in [3.63, 3.8) is 0 Å². The van der Waals surface area contributed by atoms with Crippen molar-refractivity contribution in [1.82, 2.24) is 14.1 Å². The predicted octanol–water partition coefficient (Wildman–Crippen LogP) is 1.43. The second kappa shape index (κ2) is 4.64. The highest BCUT2D eigenvalue weighted by molar-refractivity contribution is 7.89. The molecule has 0 atom stereocenters. The van der Waals surface area contributed by atoms with Crippen molar-refractivity contribution >= 4 is 15.8 Å². The third kappa shape index (κ3) is 2.22. The fraction of sp³-hybridized carbons (Fsp3) is 0.733. The van der Waals surface area contributed by atoms with Crippen LogP contribution in [-0.4, -0.2) is 41.4 Å². The van der Waals surface area contributed by atoms with Crippen LogP contribution in [-0.2, 0) is 21.9 Å². The fourth-order valence-electron chi connectivity index (χ4n) is 3.76. The van der Waals surface area contributed by atoms with Gasteiger partial charge in [0.1, 0.15) is 5.78 Å². The molecule has 120 valence electrons. The number of rotatable bonds is 3. The molecular formula is C15H21N3O3S. The quantitative estimate of drug-likeness (QED) is 0.843. The largest absolute Gasteiger partial charge is 0.300 e. The zero-order valence-corrected chi connectivity index (χ0v) is 13.6. The Morgan fingerprint density at radius 2 is 1.86 bits per heavy atom. The Morgan fingerprint density at radius 3 is 2.41 bits per heavy atom. The number of piperidine rings is 1. The number of sulfonamides is 1. The predicted molar refractivity (Wildman–Crippen MR) is 79.8 cm³/mol. The lowest BCUT2D eigenvalue weighted by Crippen LogP contribution is -2.49. The van der Waals surface area contributed by atoms with Crippen LogP contribution in [0.2, 0.25) is 0 Å². The van der Waals surface area contributed by atoms with Gasteiger partial charge >= 0.3 is 0 Å². The second-order valence-corrected chi connectivity index (χ2v) is 8.99. The summed E-state index contributed by atoms with van der Waals surface area (Å²) in [4.78, 5) is 11.2. The third-order valence-electron chi connectivity index (χ3n) is 5.38. The van der Waals surface area contributed by atoms with E-state index in [1.165, 1.54) is 4.68 Å². The number of aryl methyl sites for hydroxylation is 1. The number of Topliss-reactive ketones (excluding diaryl/α,β-unsaturated/α-hetero) is 1. The number of hydrogen-bond acceptors (Lipinski definition) is 4. The minimum Gasteiger partial charge on any atom is -0.300 e. The van der Waals surface area contributed by atoms with Crippen LogP contribution < -0.4 is 0 Å². The summed E-state index contributed by atoms with van der Waals surface area (Å²) in [5, 5.41) is 4.67. The van der Waals surface area contributed by atoms with Gasteiger partial charge in [-0.3, -0.25) is 9.48 Å². The molecule has 1 spiro atoms. The Labute approximate surface area is 130 Å². The van der Waals surface area contributed by atoms with E-state index in [1.54, 1.807) is 17.4 Å². The van der Waals surface area contributed by atoms with Crippen LogP contribution in [0.5, 0.6) is 0 Å². The number of nitrogens with zero attached hydrogens (tertiary/aromatic N) is 3. The van der Waals surface area contributed by atoms with E-state index < -0.39 is 10.0 Å². The summed E-state index contributed by atoms with van der Waals surface area (Å²) >= 11 is 0. The average molecular weight is 323 g/mol. The van der Waals surface area contributed by atoms with E-state index in [-0.39, 0.29) is 5.41 Å². The van der Waals surface area contributed by atoms with E-state index in [0.717, 1.165) is 31.4 Å². The van der Waals surface area contributed by atoms with Crippen molar-refractivity contribution < 1.29 is 13.2 Å². The van der Waals surface area contributed by atoms with E-state index >= 15 is 0 Å². The van der Waals surface area contributed by atoms with Gasteiger partial charge in [0.15, 0.2) is 5.03 Å². The molecule has 0 aromatic carbocycles. The van der Waals surface area contributed by atoms with Crippen molar-refractivity contribution in [2.24, 2.45) is 12.5 Å². The number of aromatic nitrogens is 2. The van der Waals surface area contributed by atoms with Gasteiger partial charge in [-0.15, -0.1) is 0 Å². The lowest BCUT2D eigenvalue weighted by Gasteiger charge is -2.46. The molecule has 7 heteroatoms. The topological polar surface area (TPSA) is 72.3 Å². The van der Waals surface area contributed by atoms with Crippen LogP contribution in [0.25, 0.3) is 0 Å². The summed E-state index contributed by atoms with van der Waals surface area (Å²) in [5.41, 5.74) is 0.994. The van der Waals surface area contributed by atoms with Gasteiger partial charge in [0.05, 0.1) is 5.69 Å². The molecule has 3 aliphatic rings. The summed E-state index contributed by atoms with van der Waals surface area (Å²) < 4.78 is 28.8. The van der Waals surface area contributed by atoms with Crippen molar-refractivity contribution in [2.75, 3.05) is 13.1 Å². The van der Waals surface area contributed by atoms with Gasteiger partial charge in [-0.25, -0.2) is 8.42 Å². The lowest BCUT2D eigenvalue weighted by molar-refractivity contribution is -0.134. The smallest absolute Gasteiger partial charge is 0.260 e. The summed E-state index contributed by atoms with van der Waals surface area (Å²) in [5.74, 6) is 0.762. The molecule has 0 amide bonds. The molecule has 4 rings (SSSR count). The Bertz CT molecular complexity index is 715. The molecule has 1 saturated heterocycles. The second-order valence-electron chi connectivity index (χ2n) is 7.10. The molecule has 0 unspecified atom stereocenters. The van der Waals surface area contributed by atoms with E-state index in [1.807, 2.05) is 0 Å².